The second-order valence-corrected chi connectivity index (χ2v) is 10.5. The van der Waals surface area contributed by atoms with E-state index < -0.39 is 29.5 Å². The van der Waals surface area contributed by atoms with Gasteiger partial charge in [0.2, 0.25) is 5.88 Å². The lowest BCUT2D eigenvalue weighted by atomic mass is 9.90. The first kappa shape index (κ1) is 25.8. The van der Waals surface area contributed by atoms with Gasteiger partial charge in [-0.15, -0.1) is 0 Å². The van der Waals surface area contributed by atoms with Crippen LogP contribution < -0.4 is 14.5 Å². The Morgan fingerprint density at radius 2 is 2.15 bits per heavy atom. The monoisotopic (exact) mass is 558 g/mol. The van der Waals surface area contributed by atoms with Gasteiger partial charge in [0, 0.05) is 25.4 Å². The number of carboxylic acids is 1. The molecule has 0 unspecified atom stereocenters. The summed E-state index contributed by atoms with van der Waals surface area (Å²) < 4.78 is 33.5. The number of anilines is 2. The van der Waals surface area contributed by atoms with Crippen molar-refractivity contribution in [1.82, 2.24) is 19.9 Å². The third kappa shape index (κ3) is 4.56. The Balaban J connectivity index is 1.30. The van der Waals surface area contributed by atoms with Crippen LogP contribution in [-0.2, 0) is 14.3 Å². The van der Waals surface area contributed by atoms with Gasteiger partial charge >= 0.3 is 5.97 Å². The van der Waals surface area contributed by atoms with Crippen LogP contribution in [0.2, 0.25) is 5.02 Å². The van der Waals surface area contributed by atoms with E-state index in [0.29, 0.717) is 54.5 Å². The van der Waals surface area contributed by atoms with Crippen LogP contribution in [0.15, 0.2) is 30.6 Å². The minimum Gasteiger partial charge on any atom is -0.480 e. The number of carboxylic acid groups (broad SMARTS) is 1. The van der Waals surface area contributed by atoms with Crippen molar-refractivity contribution < 1.29 is 28.5 Å². The summed E-state index contributed by atoms with van der Waals surface area (Å²) in [6.45, 7) is 5.90. The van der Waals surface area contributed by atoms with E-state index in [0.717, 1.165) is 0 Å². The average Bonchev–Trinajstić information content (AvgIpc) is 3.56. The second-order valence-electron chi connectivity index (χ2n) is 10.1. The molecular weight excluding hydrogens is 531 g/mol. The number of nitrogens with zero attached hydrogens (tertiary/aromatic N) is 5. The third-order valence-electron chi connectivity index (χ3n) is 7.65. The summed E-state index contributed by atoms with van der Waals surface area (Å²) in [7, 11) is 0. The van der Waals surface area contributed by atoms with Crippen molar-refractivity contribution >= 4 is 29.1 Å². The zero-order valence-corrected chi connectivity index (χ0v) is 22.2. The molecule has 3 saturated heterocycles. The molecule has 13 heteroatoms. The molecule has 1 spiro atoms. The van der Waals surface area contributed by atoms with Gasteiger partial charge in [0.05, 0.1) is 43.1 Å². The molecule has 3 aromatic heterocycles. The summed E-state index contributed by atoms with van der Waals surface area (Å²) in [5.41, 5.74) is 0.832. The summed E-state index contributed by atoms with van der Waals surface area (Å²) in [6, 6.07) is 4.13. The fraction of sp³-hybridized carbons (Fsp3) is 0.462. The van der Waals surface area contributed by atoms with E-state index in [9.17, 15) is 9.90 Å². The van der Waals surface area contributed by atoms with E-state index in [1.165, 1.54) is 11.1 Å². The summed E-state index contributed by atoms with van der Waals surface area (Å²) in [5.74, 6) is -1.23. The van der Waals surface area contributed by atoms with Crippen molar-refractivity contribution in [2.45, 2.75) is 44.1 Å². The molecule has 6 rings (SSSR count). The molecule has 11 nitrogen and oxygen atoms in total. The number of nitrogens with one attached hydrogen (secondary N) is 1. The Morgan fingerprint density at radius 1 is 1.33 bits per heavy atom. The zero-order chi connectivity index (χ0) is 27.3. The minimum absolute atomic E-state index is 0.0287. The molecule has 0 saturated carbocycles. The van der Waals surface area contributed by atoms with Crippen LogP contribution in [0.3, 0.4) is 0 Å². The first-order chi connectivity index (χ1) is 18.8. The molecule has 0 radical (unpaired) electrons. The van der Waals surface area contributed by atoms with Gasteiger partial charge in [0.1, 0.15) is 35.0 Å². The van der Waals surface area contributed by atoms with Crippen molar-refractivity contribution in [3.63, 3.8) is 0 Å². The second kappa shape index (κ2) is 9.92. The van der Waals surface area contributed by atoms with Crippen LogP contribution in [0.25, 0.3) is 11.4 Å². The van der Waals surface area contributed by atoms with Crippen molar-refractivity contribution in [3.05, 3.63) is 47.3 Å². The van der Waals surface area contributed by atoms with Crippen molar-refractivity contribution in [1.29, 1.82) is 0 Å². The number of carbonyl (C=O) groups is 1. The van der Waals surface area contributed by atoms with Crippen molar-refractivity contribution in [2.75, 3.05) is 42.7 Å². The third-order valence-corrected chi connectivity index (χ3v) is 7.86. The number of morpholine rings is 1. The van der Waals surface area contributed by atoms with Gasteiger partial charge in [-0.25, -0.2) is 24.1 Å². The van der Waals surface area contributed by atoms with Gasteiger partial charge in [-0.2, -0.15) is 0 Å². The van der Waals surface area contributed by atoms with Gasteiger partial charge in [-0.1, -0.05) is 11.6 Å². The molecule has 206 valence electrons. The van der Waals surface area contributed by atoms with E-state index in [1.807, 2.05) is 0 Å². The maximum Gasteiger partial charge on any atom is 0.326 e. The van der Waals surface area contributed by atoms with Crippen LogP contribution in [0.5, 0.6) is 5.88 Å². The van der Waals surface area contributed by atoms with Crippen LogP contribution >= 0.6 is 11.6 Å². The van der Waals surface area contributed by atoms with Gasteiger partial charge in [0.15, 0.2) is 11.6 Å². The molecule has 3 aliphatic rings. The number of halogens is 2. The molecule has 3 atom stereocenters. The molecule has 0 bridgehead atoms. The summed E-state index contributed by atoms with van der Waals surface area (Å²) >= 11 is 6.33. The Morgan fingerprint density at radius 3 is 2.85 bits per heavy atom. The quantitative estimate of drug-likeness (QED) is 0.466. The largest absolute Gasteiger partial charge is 0.480 e. The molecule has 39 heavy (non-hydrogen) atoms. The number of hydrogen-bond donors (Lipinski definition) is 2. The van der Waals surface area contributed by atoms with Crippen molar-refractivity contribution in [2.24, 2.45) is 0 Å². The highest BCUT2D eigenvalue weighted by Crippen LogP contribution is 2.40. The fourth-order valence-electron chi connectivity index (χ4n) is 5.51. The predicted octanol–water partition coefficient (Wildman–Crippen LogP) is 3.07. The van der Waals surface area contributed by atoms with Gasteiger partial charge in [-0.3, -0.25) is 0 Å². The molecule has 3 aromatic rings. The number of hydrogen-bond acceptors (Lipinski definition) is 9. The Kier molecular flexibility index (Phi) is 6.56. The van der Waals surface area contributed by atoms with Crippen LogP contribution in [0, 0.1) is 12.7 Å². The number of H-pyrrole nitrogens is 1. The van der Waals surface area contributed by atoms with Gasteiger partial charge in [-0.05, 0) is 32.0 Å². The molecule has 0 amide bonds. The van der Waals surface area contributed by atoms with Gasteiger partial charge < -0.3 is 34.1 Å². The molecule has 3 fully saturated rings. The number of ether oxygens (including phenoxy) is 3. The van der Waals surface area contributed by atoms with Gasteiger partial charge in [0.25, 0.3) is 0 Å². The molecule has 0 aliphatic carbocycles. The SMILES string of the molecule is Cc1nc(-c2ccc[nH]2)c(F)c(N2C[C@@H](Oc3ncc(Cl)cc3N3CCOC4(COC4)[C@@H]3C)C[C@H]2C(=O)O)n1. The first-order valence-electron chi connectivity index (χ1n) is 12.7. The number of aromatic amines is 1. The number of aryl methyl sites for hydroxylation is 1. The van der Waals surface area contributed by atoms with E-state index in [-0.39, 0.29) is 30.5 Å². The molecule has 2 N–H and O–H groups in total. The van der Waals surface area contributed by atoms with Crippen LogP contribution in [0.4, 0.5) is 15.9 Å². The number of rotatable bonds is 6. The van der Waals surface area contributed by atoms with E-state index >= 15 is 4.39 Å². The highest BCUT2D eigenvalue weighted by Gasteiger charge is 2.50. The highest BCUT2D eigenvalue weighted by atomic mass is 35.5. The summed E-state index contributed by atoms with van der Waals surface area (Å²) in [6.07, 6.45) is 2.66. The molecule has 3 aliphatic heterocycles. The standard InChI is InChI=1S/C26H28ClFN6O5/c1-14-26(12-37-13-26)38-7-6-33(14)19-8-16(27)10-30-24(19)39-17-9-20(25(35)36)34(11-17)23-21(28)22(31-15(2)32-23)18-4-3-5-29-18/h3-5,8,10,14,17,20,29H,6-7,9,11-13H2,1-2H3,(H,35,36)/t14-,17-,20-/m0/s1. The smallest absolute Gasteiger partial charge is 0.326 e. The topological polar surface area (TPSA) is 126 Å². The minimum atomic E-state index is -1.10. The lowest BCUT2D eigenvalue weighted by Gasteiger charge is -2.53. The lowest BCUT2D eigenvalue weighted by Crippen LogP contribution is -2.68. The first-order valence-corrected chi connectivity index (χ1v) is 13.1. The molecular formula is C26H28ClFN6O5. The summed E-state index contributed by atoms with van der Waals surface area (Å²) in [4.78, 5) is 31.8. The zero-order valence-electron chi connectivity index (χ0n) is 21.4. The normalized spacial score (nSPS) is 24.2. The molecule has 0 aromatic carbocycles. The number of pyridine rings is 1. The molecule has 6 heterocycles. The number of aromatic nitrogens is 4. The number of aliphatic carboxylic acids is 1. The maximum atomic E-state index is 15.7. The van der Waals surface area contributed by atoms with Crippen LogP contribution in [-0.4, -0.2) is 87.7 Å². The Bertz CT molecular complexity index is 1390. The van der Waals surface area contributed by atoms with Crippen molar-refractivity contribution in [3.8, 4) is 17.3 Å². The highest BCUT2D eigenvalue weighted by molar-refractivity contribution is 6.30. The van der Waals surface area contributed by atoms with E-state index in [4.69, 9.17) is 25.8 Å². The Labute approximate surface area is 228 Å². The maximum absolute atomic E-state index is 15.7. The Hall–Kier alpha value is -3.48. The van der Waals surface area contributed by atoms with Crippen LogP contribution in [0.1, 0.15) is 19.2 Å². The van der Waals surface area contributed by atoms with E-state index in [1.54, 1.807) is 31.3 Å². The predicted molar refractivity (Wildman–Crippen MR) is 140 cm³/mol. The lowest BCUT2D eigenvalue weighted by molar-refractivity contribution is -0.228. The van der Waals surface area contributed by atoms with E-state index in [2.05, 4.69) is 31.8 Å². The summed E-state index contributed by atoms with van der Waals surface area (Å²) in [5, 5.41) is 10.5. The fourth-order valence-corrected chi connectivity index (χ4v) is 5.67. The average molecular weight is 559 g/mol.